The molecule has 0 aliphatic rings. The SMILES string of the molecule is Cc1ccc(C)c(OCc2ccccc2C(=N)CCC(N)=O)c1. The summed E-state index contributed by atoms with van der Waals surface area (Å²) in [4.78, 5) is 10.9. The van der Waals surface area contributed by atoms with Crippen molar-refractivity contribution in [1.29, 1.82) is 5.41 Å². The van der Waals surface area contributed by atoms with Crippen molar-refractivity contribution in [3.05, 3.63) is 64.7 Å². The maximum atomic E-state index is 10.9. The Morgan fingerprint density at radius 1 is 1.13 bits per heavy atom. The minimum absolute atomic E-state index is 0.186. The number of ether oxygens (including phenoxy) is 1. The van der Waals surface area contributed by atoms with Crippen LogP contribution in [0.5, 0.6) is 5.75 Å². The second-order valence-electron chi connectivity index (χ2n) is 5.66. The van der Waals surface area contributed by atoms with Gasteiger partial charge in [0.05, 0.1) is 0 Å². The van der Waals surface area contributed by atoms with E-state index in [9.17, 15) is 4.79 Å². The van der Waals surface area contributed by atoms with Crippen LogP contribution in [-0.4, -0.2) is 11.6 Å². The first-order chi connectivity index (χ1) is 11.0. The summed E-state index contributed by atoms with van der Waals surface area (Å²) in [6, 6.07) is 13.7. The quantitative estimate of drug-likeness (QED) is 0.768. The van der Waals surface area contributed by atoms with Gasteiger partial charge in [0.15, 0.2) is 0 Å². The molecule has 4 nitrogen and oxygen atoms in total. The van der Waals surface area contributed by atoms with Crippen molar-refractivity contribution in [2.45, 2.75) is 33.3 Å². The fourth-order valence-corrected chi connectivity index (χ4v) is 2.34. The first kappa shape index (κ1) is 16.7. The van der Waals surface area contributed by atoms with Crippen LogP contribution in [0.1, 0.15) is 35.1 Å². The van der Waals surface area contributed by atoms with Gasteiger partial charge in [0.25, 0.3) is 0 Å². The lowest BCUT2D eigenvalue weighted by Crippen LogP contribution is -2.14. The second-order valence-corrected chi connectivity index (χ2v) is 5.66. The van der Waals surface area contributed by atoms with Crippen LogP contribution < -0.4 is 10.5 Å². The van der Waals surface area contributed by atoms with Crippen molar-refractivity contribution in [2.24, 2.45) is 5.73 Å². The average Bonchev–Trinajstić information content (AvgIpc) is 2.53. The van der Waals surface area contributed by atoms with Gasteiger partial charge in [-0.2, -0.15) is 0 Å². The van der Waals surface area contributed by atoms with Crippen LogP contribution in [0.4, 0.5) is 0 Å². The van der Waals surface area contributed by atoms with E-state index in [0.29, 0.717) is 18.7 Å². The standard InChI is InChI=1S/C19H22N2O2/c1-13-7-8-14(2)18(11-13)23-12-15-5-3-4-6-16(15)17(20)9-10-19(21)22/h3-8,11,20H,9-10,12H2,1-2H3,(H2,21,22). The molecule has 3 N–H and O–H groups in total. The molecule has 0 aromatic heterocycles. The van der Waals surface area contributed by atoms with E-state index in [1.807, 2.05) is 50.2 Å². The number of amides is 1. The molecule has 0 unspecified atom stereocenters. The number of primary amides is 1. The molecule has 120 valence electrons. The number of carbonyl (C=O) groups excluding carboxylic acids is 1. The molecule has 2 rings (SSSR count). The van der Waals surface area contributed by atoms with Crippen molar-refractivity contribution in [3.8, 4) is 5.75 Å². The Bertz CT molecular complexity index is 723. The van der Waals surface area contributed by atoms with E-state index in [0.717, 1.165) is 28.0 Å². The highest BCUT2D eigenvalue weighted by Crippen LogP contribution is 2.21. The van der Waals surface area contributed by atoms with Gasteiger partial charge in [-0.1, -0.05) is 36.4 Å². The Hall–Kier alpha value is -2.62. The molecule has 0 spiro atoms. The topological polar surface area (TPSA) is 76.2 Å². The first-order valence-corrected chi connectivity index (χ1v) is 7.61. The molecule has 2 aromatic rings. The highest BCUT2D eigenvalue weighted by molar-refractivity contribution is 6.00. The van der Waals surface area contributed by atoms with Crippen LogP contribution in [0.15, 0.2) is 42.5 Å². The van der Waals surface area contributed by atoms with Crippen molar-refractivity contribution in [2.75, 3.05) is 0 Å². The van der Waals surface area contributed by atoms with Crippen LogP contribution in [0.3, 0.4) is 0 Å². The van der Waals surface area contributed by atoms with Gasteiger partial charge in [0.2, 0.25) is 5.91 Å². The zero-order chi connectivity index (χ0) is 16.8. The smallest absolute Gasteiger partial charge is 0.217 e. The molecule has 0 radical (unpaired) electrons. The minimum atomic E-state index is -0.390. The van der Waals surface area contributed by atoms with Gasteiger partial charge in [-0.15, -0.1) is 0 Å². The highest BCUT2D eigenvalue weighted by Gasteiger charge is 2.10. The first-order valence-electron chi connectivity index (χ1n) is 7.61. The number of benzene rings is 2. The van der Waals surface area contributed by atoms with Crippen LogP contribution >= 0.6 is 0 Å². The van der Waals surface area contributed by atoms with Crippen LogP contribution in [0.25, 0.3) is 0 Å². The summed E-state index contributed by atoms with van der Waals surface area (Å²) >= 11 is 0. The normalized spacial score (nSPS) is 10.3. The molecular formula is C19H22N2O2. The molecular weight excluding hydrogens is 288 g/mol. The predicted octanol–water partition coefficient (Wildman–Crippen LogP) is 3.52. The summed E-state index contributed by atoms with van der Waals surface area (Å²) in [5, 5.41) is 8.16. The van der Waals surface area contributed by atoms with Crippen LogP contribution in [-0.2, 0) is 11.4 Å². The molecule has 4 heteroatoms. The number of aryl methyl sites for hydroxylation is 2. The van der Waals surface area contributed by atoms with Gasteiger partial charge in [-0.3, -0.25) is 4.79 Å². The average molecular weight is 310 g/mol. The molecule has 0 heterocycles. The van der Waals surface area contributed by atoms with Gasteiger partial charge in [-0.25, -0.2) is 0 Å². The Morgan fingerprint density at radius 3 is 2.61 bits per heavy atom. The second kappa shape index (κ2) is 7.58. The molecule has 0 saturated carbocycles. The van der Waals surface area contributed by atoms with E-state index in [1.165, 1.54) is 0 Å². The maximum Gasteiger partial charge on any atom is 0.217 e. The lowest BCUT2D eigenvalue weighted by atomic mass is 10.00. The highest BCUT2D eigenvalue weighted by atomic mass is 16.5. The van der Waals surface area contributed by atoms with Crippen molar-refractivity contribution < 1.29 is 9.53 Å². The van der Waals surface area contributed by atoms with Gasteiger partial charge in [0.1, 0.15) is 12.4 Å². The lowest BCUT2D eigenvalue weighted by molar-refractivity contribution is -0.117. The summed E-state index contributed by atoms with van der Waals surface area (Å²) in [6.45, 7) is 4.43. The zero-order valence-electron chi connectivity index (χ0n) is 13.6. The summed E-state index contributed by atoms with van der Waals surface area (Å²) in [5.41, 5.74) is 9.53. The van der Waals surface area contributed by atoms with E-state index in [2.05, 4.69) is 6.07 Å². The third-order valence-electron chi connectivity index (χ3n) is 3.69. The number of rotatable bonds is 7. The summed E-state index contributed by atoms with van der Waals surface area (Å²) in [7, 11) is 0. The summed E-state index contributed by atoms with van der Waals surface area (Å²) in [6.07, 6.45) is 0.529. The Kier molecular flexibility index (Phi) is 5.52. The number of carbonyl (C=O) groups is 1. The molecule has 23 heavy (non-hydrogen) atoms. The van der Waals surface area contributed by atoms with E-state index in [4.69, 9.17) is 15.9 Å². The largest absolute Gasteiger partial charge is 0.489 e. The molecule has 0 bridgehead atoms. The van der Waals surface area contributed by atoms with E-state index >= 15 is 0 Å². The lowest BCUT2D eigenvalue weighted by Gasteiger charge is -2.13. The molecule has 1 amide bonds. The molecule has 0 aliphatic carbocycles. The zero-order valence-corrected chi connectivity index (χ0v) is 13.6. The van der Waals surface area contributed by atoms with Gasteiger partial charge in [0, 0.05) is 17.7 Å². The number of nitrogens with one attached hydrogen (secondary N) is 1. The number of hydrogen-bond donors (Lipinski definition) is 2. The van der Waals surface area contributed by atoms with Crippen molar-refractivity contribution in [1.82, 2.24) is 0 Å². The number of hydrogen-bond acceptors (Lipinski definition) is 3. The molecule has 2 aromatic carbocycles. The molecule has 0 aliphatic heterocycles. The van der Waals surface area contributed by atoms with Gasteiger partial charge < -0.3 is 15.9 Å². The summed E-state index contributed by atoms with van der Waals surface area (Å²) in [5.74, 6) is 0.460. The molecule has 0 atom stereocenters. The van der Waals surface area contributed by atoms with Crippen LogP contribution in [0.2, 0.25) is 0 Å². The molecule has 0 fully saturated rings. The third-order valence-corrected chi connectivity index (χ3v) is 3.69. The minimum Gasteiger partial charge on any atom is -0.489 e. The predicted molar refractivity (Wildman–Crippen MR) is 91.9 cm³/mol. The Morgan fingerprint density at radius 2 is 1.87 bits per heavy atom. The van der Waals surface area contributed by atoms with Gasteiger partial charge in [-0.05, 0) is 43.0 Å². The van der Waals surface area contributed by atoms with Crippen molar-refractivity contribution in [3.63, 3.8) is 0 Å². The Balaban J connectivity index is 2.12. The summed E-state index contributed by atoms with van der Waals surface area (Å²) < 4.78 is 5.93. The fourth-order valence-electron chi connectivity index (χ4n) is 2.34. The Labute approximate surface area is 136 Å². The van der Waals surface area contributed by atoms with E-state index < -0.39 is 0 Å². The third kappa shape index (κ3) is 4.68. The van der Waals surface area contributed by atoms with E-state index in [-0.39, 0.29) is 12.3 Å². The van der Waals surface area contributed by atoms with E-state index in [1.54, 1.807) is 0 Å². The number of nitrogens with two attached hydrogens (primary N) is 1. The monoisotopic (exact) mass is 310 g/mol. The maximum absolute atomic E-state index is 10.9. The molecule has 0 saturated heterocycles. The fraction of sp³-hybridized carbons (Fsp3) is 0.263. The van der Waals surface area contributed by atoms with Crippen LogP contribution in [0, 0.1) is 19.3 Å². The van der Waals surface area contributed by atoms with Crippen molar-refractivity contribution >= 4 is 11.6 Å². The van der Waals surface area contributed by atoms with Gasteiger partial charge >= 0.3 is 0 Å².